The number of methoxy groups -OCH3 is 4. The Morgan fingerprint density at radius 2 is 1.30 bits per heavy atom. The van der Waals surface area contributed by atoms with Crippen molar-refractivity contribution in [3.05, 3.63) is 41.0 Å². The molecule has 1 unspecified atom stereocenters. The zero-order valence-corrected chi connectivity index (χ0v) is 30.2. The second-order valence-electron chi connectivity index (χ2n) is 12.7. The van der Waals surface area contributed by atoms with Crippen molar-refractivity contribution in [1.82, 2.24) is 21.3 Å². The number of fused-ring (bicyclic) bond motifs is 1. The Hall–Kier alpha value is -3.62. The fourth-order valence-electron chi connectivity index (χ4n) is 6.69. The van der Waals surface area contributed by atoms with E-state index in [-0.39, 0.29) is 47.7 Å². The number of aldehydes is 1. The van der Waals surface area contributed by atoms with E-state index in [1.54, 1.807) is 31.4 Å². The van der Waals surface area contributed by atoms with Crippen LogP contribution in [0.15, 0.2) is 24.3 Å². The lowest BCUT2D eigenvalue weighted by molar-refractivity contribution is -0.124. The molecule has 1 aliphatic carbocycles. The van der Waals surface area contributed by atoms with Gasteiger partial charge in [0.05, 0.1) is 34.0 Å². The molecule has 0 fully saturated rings. The van der Waals surface area contributed by atoms with Crippen molar-refractivity contribution in [1.29, 1.82) is 0 Å². The normalized spacial score (nSPS) is 18.3. The molecule has 0 aromatic heterocycles. The predicted octanol–water partition coefficient (Wildman–Crippen LogP) is 2.96. The third-order valence-electron chi connectivity index (χ3n) is 9.31. The third-order valence-corrected chi connectivity index (χ3v) is 9.31. The van der Waals surface area contributed by atoms with Gasteiger partial charge in [-0.05, 0) is 119 Å². The number of nitrogens with two attached hydrogens (primary N) is 1. The van der Waals surface area contributed by atoms with Crippen LogP contribution in [0.1, 0.15) is 73.6 Å². The number of nitrogens with one attached hydrogen (secondary N) is 4. The van der Waals surface area contributed by atoms with Crippen LogP contribution >= 0.6 is 0 Å². The number of phenolic OH excluding ortho intramolecular Hbond substituents is 2. The topological polar surface area (TPSA) is 186 Å². The number of hydrogen-bond acceptors (Lipinski definition) is 12. The number of unbranched alkanes of at least 4 members (excludes halogenated alkanes) is 3. The maximum absolute atomic E-state index is 13.3. The van der Waals surface area contributed by atoms with E-state index in [0.29, 0.717) is 23.2 Å². The van der Waals surface area contributed by atoms with Gasteiger partial charge in [0.1, 0.15) is 6.29 Å². The SMILES string of the molecule is COC[C@@H]1[C@H](NC(=O)CCNCCCCNCCCCNCCCCN)c2cc(O)c(OC)cc2C(c2cc(OC)c(O)c(OC)c2)[C@H]1C=O. The van der Waals surface area contributed by atoms with Crippen molar-refractivity contribution >= 4 is 12.2 Å². The van der Waals surface area contributed by atoms with Crippen molar-refractivity contribution in [2.24, 2.45) is 17.6 Å². The van der Waals surface area contributed by atoms with Gasteiger partial charge in [-0.3, -0.25) is 4.79 Å². The number of ether oxygens (including phenoxy) is 4. The van der Waals surface area contributed by atoms with Gasteiger partial charge in [-0.15, -0.1) is 0 Å². The van der Waals surface area contributed by atoms with Gasteiger partial charge in [-0.1, -0.05) is 0 Å². The number of carbonyl (C=O) groups is 2. The first-order valence-electron chi connectivity index (χ1n) is 17.8. The number of rotatable bonds is 25. The second-order valence-corrected chi connectivity index (χ2v) is 12.7. The van der Waals surface area contributed by atoms with E-state index in [2.05, 4.69) is 21.3 Å². The summed E-state index contributed by atoms with van der Waals surface area (Å²) in [7, 11) is 5.87. The molecule has 1 aliphatic rings. The minimum atomic E-state index is -0.657. The molecule has 0 saturated heterocycles. The molecule has 280 valence electrons. The highest BCUT2D eigenvalue weighted by Crippen LogP contribution is 2.52. The summed E-state index contributed by atoms with van der Waals surface area (Å²) in [6.07, 6.45) is 7.69. The molecule has 0 spiro atoms. The van der Waals surface area contributed by atoms with Crippen LogP contribution in [0.25, 0.3) is 0 Å². The smallest absolute Gasteiger partial charge is 0.221 e. The zero-order chi connectivity index (χ0) is 36.3. The van der Waals surface area contributed by atoms with E-state index in [1.807, 2.05) is 0 Å². The highest BCUT2D eigenvalue weighted by molar-refractivity contribution is 5.77. The van der Waals surface area contributed by atoms with Crippen molar-refractivity contribution in [3.63, 3.8) is 0 Å². The van der Waals surface area contributed by atoms with Crippen molar-refractivity contribution in [3.8, 4) is 28.7 Å². The molecule has 13 heteroatoms. The van der Waals surface area contributed by atoms with E-state index >= 15 is 0 Å². The number of amides is 1. The molecule has 2 aromatic carbocycles. The average molecular weight is 702 g/mol. The Kier molecular flexibility index (Phi) is 18.2. The highest BCUT2D eigenvalue weighted by atomic mass is 16.5. The summed E-state index contributed by atoms with van der Waals surface area (Å²) < 4.78 is 21.9. The Bertz CT molecular complexity index is 1300. The fraction of sp³-hybridized carbons (Fsp3) is 0.622. The van der Waals surface area contributed by atoms with E-state index in [0.717, 1.165) is 84.1 Å². The van der Waals surface area contributed by atoms with Gasteiger partial charge < -0.3 is 61.0 Å². The lowest BCUT2D eigenvalue weighted by Crippen LogP contribution is -2.45. The summed E-state index contributed by atoms with van der Waals surface area (Å²) >= 11 is 0. The summed E-state index contributed by atoms with van der Waals surface area (Å²) in [6, 6.07) is 5.98. The molecule has 8 N–H and O–H groups in total. The van der Waals surface area contributed by atoms with Crippen LogP contribution in [0.2, 0.25) is 0 Å². The number of hydrogen-bond donors (Lipinski definition) is 7. The maximum atomic E-state index is 13.3. The first kappa shape index (κ1) is 40.8. The molecule has 0 bridgehead atoms. The summed E-state index contributed by atoms with van der Waals surface area (Å²) in [6.45, 7) is 6.31. The molecule has 2 aromatic rings. The number of phenols is 2. The van der Waals surface area contributed by atoms with E-state index in [4.69, 9.17) is 24.7 Å². The summed E-state index contributed by atoms with van der Waals surface area (Å²) in [5.41, 5.74) is 7.50. The monoisotopic (exact) mass is 701 g/mol. The van der Waals surface area contributed by atoms with E-state index in [9.17, 15) is 19.8 Å². The summed E-state index contributed by atoms with van der Waals surface area (Å²) in [5.74, 6) is -1.52. The van der Waals surface area contributed by atoms with Crippen LogP contribution in [0.3, 0.4) is 0 Å². The minimum absolute atomic E-state index is 0.0898. The molecule has 0 radical (unpaired) electrons. The molecule has 50 heavy (non-hydrogen) atoms. The third kappa shape index (κ3) is 11.5. The van der Waals surface area contributed by atoms with Gasteiger partial charge in [0, 0.05) is 37.8 Å². The van der Waals surface area contributed by atoms with Crippen LogP contribution in [-0.4, -0.2) is 103 Å². The number of aromatic hydroxyl groups is 2. The Balaban J connectivity index is 1.61. The standard InChI is InChI=1S/C37H59N5O8/c1-47-24-29-28(23-43)35(25-19-32(49-3)37(46)33(20-25)50-4)26-22-31(48-2)30(44)21-27(26)36(29)42-34(45)11-18-41-17-10-9-16-40-15-8-7-14-39-13-6-5-12-38/h19-23,28-29,35-36,39-41,44,46H,5-18,24,38H2,1-4H3,(H,42,45)/t28-,29-,35?,36+/m0/s1. The van der Waals surface area contributed by atoms with Crippen LogP contribution in [0, 0.1) is 11.8 Å². The molecule has 0 aliphatic heterocycles. The first-order chi connectivity index (χ1) is 24.3. The van der Waals surface area contributed by atoms with Crippen LogP contribution < -0.4 is 41.2 Å². The quantitative estimate of drug-likeness (QED) is 0.0594. The minimum Gasteiger partial charge on any atom is -0.504 e. The van der Waals surface area contributed by atoms with Crippen LogP contribution in [0.5, 0.6) is 28.7 Å². The van der Waals surface area contributed by atoms with Gasteiger partial charge in [0.25, 0.3) is 0 Å². The zero-order valence-electron chi connectivity index (χ0n) is 30.2. The van der Waals surface area contributed by atoms with Gasteiger partial charge in [-0.25, -0.2) is 0 Å². The van der Waals surface area contributed by atoms with Gasteiger partial charge in [0.15, 0.2) is 23.0 Å². The van der Waals surface area contributed by atoms with Crippen LogP contribution in [-0.2, 0) is 14.3 Å². The summed E-state index contributed by atoms with van der Waals surface area (Å²) in [4.78, 5) is 26.3. The second kappa shape index (κ2) is 22.3. The van der Waals surface area contributed by atoms with E-state index < -0.39 is 23.8 Å². The van der Waals surface area contributed by atoms with E-state index in [1.165, 1.54) is 21.3 Å². The number of carbonyl (C=O) groups excluding carboxylic acids is 2. The lowest BCUT2D eigenvalue weighted by atomic mass is 9.64. The van der Waals surface area contributed by atoms with Gasteiger partial charge in [-0.2, -0.15) is 0 Å². The highest BCUT2D eigenvalue weighted by Gasteiger charge is 2.45. The Morgan fingerprint density at radius 3 is 1.80 bits per heavy atom. The molecule has 0 heterocycles. The number of benzene rings is 2. The molecular formula is C37H59N5O8. The Morgan fingerprint density at radius 1 is 0.760 bits per heavy atom. The molecule has 0 saturated carbocycles. The molecule has 1 amide bonds. The van der Waals surface area contributed by atoms with Crippen molar-refractivity contribution < 1.29 is 38.7 Å². The average Bonchev–Trinajstić information content (AvgIpc) is 3.12. The van der Waals surface area contributed by atoms with Crippen molar-refractivity contribution in [2.45, 2.75) is 56.9 Å². The van der Waals surface area contributed by atoms with Crippen molar-refractivity contribution in [2.75, 3.05) is 80.9 Å². The molecule has 4 atom stereocenters. The largest absolute Gasteiger partial charge is 0.504 e. The van der Waals surface area contributed by atoms with Gasteiger partial charge >= 0.3 is 0 Å². The predicted molar refractivity (Wildman–Crippen MR) is 193 cm³/mol. The maximum Gasteiger partial charge on any atom is 0.221 e. The summed E-state index contributed by atoms with van der Waals surface area (Å²) in [5, 5.41) is 34.9. The Labute approximate surface area is 297 Å². The van der Waals surface area contributed by atoms with Crippen LogP contribution in [0.4, 0.5) is 0 Å². The van der Waals surface area contributed by atoms with Gasteiger partial charge in [0.2, 0.25) is 11.7 Å². The fourth-order valence-corrected chi connectivity index (χ4v) is 6.69. The molecule has 3 rings (SSSR count). The first-order valence-corrected chi connectivity index (χ1v) is 17.8. The lowest BCUT2D eigenvalue weighted by Gasteiger charge is -2.43. The molecular weight excluding hydrogens is 642 g/mol. The molecule has 13 nitrogen and oxygen atoms in total.